The monoisotopic (exact) mass is 359 g/mol. The molecule has 0 fully saturated rings. The molecule has 0 aliphatic carbocycles. The molecule has 5 rings (SSSR count). The van der Waals surface area contributed by atoms with Crippen LogP contribution in [0.5, 0.6) is 0 Å². The third kappa shape index (κ3) is 2.14. The SMILES string of the molecule is O=C1c2ccccc2C(O)(c2ccc3nc[nH]c3c2)N1c1ccc(F)cc1. The third-order valence-electron chi connectivity index (χ3n) is 4.97. The lowest BCUT2D eigenvalue weighted by Gasteiger charge is -2.34. The van der Waals surface area contributed by atoms with E-state index in [0.29, 0.717) is 22.4 Å². The minimum Gasteiger partial charge on any atom is -0.363 e. The fourth-order valence-electron chi connectivity index (χ4n) is 3.69. The number of amides is 1. The first-order valence-corrected chi connectivity index (χ1v) is 8.44. The van der Waals surface area contributed by atoms with Gasteiger partial charge in [-0.25, -0.2) is 9.37 Å². The Morgan fingerprint density at radius 3 is 2.63 bits per heavy atom. The number of nitrogens with zero attached hydrogens (tertiary/aromatic N) is 2. The van der Waals surface area contributed by atoms with Crippen LogP contribution >= 0.6 is 0 Å². The molecule has 1 unspecified atom stereocenters. The average molecular weight is 359 g/mol. The van der Waals surface area contributed by atoms with Crippen LogP contribution in [0, 0.1) is 5.82 Å². The first-order valence-electron chi connectivity index (χ1n) is 8.44. The molecule has 0 radical (unpaired) electrons. The summed E-state index contributed by atoms with van der Waals surface area (Å²) < 4.78 is 13.4. The fraction of sp³-hybridized carbons (Fsp3) is 0.0476. The Hall–Kier alpha value is -3.51. The van der Waals surface area contributed by atoms with E-state index in [0.717, 1.165) is 11.0 Å². The number of hydrogen-bond donors (Lipinski definition) is 2. The Balaban J connectivity index is 1.78. The molecule has 5 nitrogen and oxygen atoms in total. The molecular weight excluding hydrogens is 345 g/mol. The molecule has 0 bridgehead atoms. The molecule has 3 aromatic carbocycles. The van der Waals surface area contributed by atoms with Gasteiger partial charge < -0.3 is 10.1 Å². The standard InChI is InChI=1S/C21H14FN3O2/c22-14-6-8-15(9-7-14)25-20(26)16-3-1-2-4-17(16)21(25,27)13-5-10-18-19(11-13)24-12-23-18/h1-12,27H,(H,23,24). The topological polar surface area (TPSA) is 69.2 Å². The molecule has 2 N–H and O–H groups in total. The molecule has 1 aliphatic rings. The van der Waals surface area contributed by atoms with Gasteiger partial charge in [-0.3, -0.25) is 9.69 Å². The summed E-state index contributed by atoms with van der Waals surface area (Å²) in [6.07, 6.45) is 1.57. The van der Waals surface area contributed by atoms with Crippen LogP contribution in [0.25, 0.3) is 11.0 Å². The summed E-state index contributed by atoms with van der Waals surface area (Å²) in [7, 11) is 0. The number of benzene rings is 3. The number of aliphatic hydroxyl groups is 1. The van der Waals surface area contributed by atoms with Crippen LogP contribution in [-0.2, 0) is 5.72 Å². The molecule has 0 saturated carbocycles. The smallest absolute Gasteiger partial charge is 0.261 e. The predicted molar refractivity (Wildman–Crippen MR) is 98.7 cm³/mol. The summed E-state index contributed by atoms with van der Waals surface area (Å²) in [5.41, 5.74) is 1.61. The molecule has 1 aliphatic heterocycles. The molecule has 4 aromatic rings. The zero-order valence-corrected chi connectivity index (χ0v) is 14.1. The van der Waals surface area contributed by atoms with Crippen molar-refractivity contribution in [3.8, 4) is 0 Å². The number of carbonyl (C=O) groups excluding carboxylic acids is 1. The molecule has 2 heterocycles. The van der Waals surface area contributed by atoms with Crippen molar-refractivity contribution in [2.24, 2.45) is 0 Å². The summed E-state index contributed by atoms with van der Waals surface area (Å²) in [4.78, 5) is 21.7. The van der Waals surface area contributed by atoms with Gasteiger partial charge in [0.15, 0.2) is 5.72 Å². The Morgan fingerprint density at radius 2 is 1.81 bits per heavy atom. The van der Waals surface area contributed by atoms with Crippen LogP contribution < -0.4 is 4.90 Å². The van der Waals surface area contributed by atoms with Crippen molar-refractivity contribution in [2.75, 3.05) is 4.90 Å². The van der Waals surface area contributed by atoms with Crippen molar-refractivity contribution in [3.05, 3.63) is 95.6 Å². The second-order valence-corrected chi connectivity index (χ2v) is 6.47. The second-order valence-electron chi connectivity index (χ2n) is 6.47. The molecule has 1 amide bonds. The third-order valence-corrected chi connectivity index (χ3v) is 4.97. The van der Waals surface area contributed by atoms with Crippen molar-refractivity contribution < 1.29 is 14.3 Å². The average Bonchev–Trinajstić information content (AvgIpc) is 3.25. The minimum atomic E-state index is -1.72. The lowest BCUT2D eigenvalue weighted by atomic mass is 9.93. The number of nitrogens with one attached hydrogen (secondary N) is 1. The van der Waals surface area contributed by atoms with Gasteiger partial charge in [-0.15, -0.1) is 0 Å². The normalized spacial score (nSPS) is 18.9. The predicted octanol–water partition coefficient (Wildman–Crippen LogP) is 3.56. The number of carbonyl (C=O) groups is 1. The zero-order valence-electron chi connectivity index (χ0n) is 14.1. The van der Waals surface area contributed by atoms with Gasteiger partial charge in [0.25, 0.3) is 5.91 Å². The molecule has 0 spiro atoms. The van der Waals surface area contributed by atoms with Crippen LogP contribution in [0.2, 0.25) is 0 Å². The van der Waals surface area contributed by atoms with Crippen molar-refractivity contribution >= 4 is 22.6 Å². The summed E-state index contributed by atoms with van der Waals surface area (Å²) in [6.45, 7) is 0. The second kappa shape index (κ2) is 5.49. The Kier molecular flexibility index (Phi) is 3.20. The number of hydrogen-bond acceptors (Lipinski definition) is 3. The quantitative estimate of drug-likeness (QED) is 0.575. The van der Waals surface area contributed by atoms with Crippen LogP contribution in [0.3, 0.4) is 0 Å². The molecule has 0 saturated heterocycles. The zero-order chi connectivity index (χ0) is 18.6. The van der Waals surface area contributed by atoms with Gasteiger partial charge in [-0.1, -0.05) is 24.3 Å². The van der Waals surface area contributed by atoms with E-state index in [9.17, 15) is 14.3 Å². The van der Waals surface area contributed by atoms with Gasteiger partial charge in [0.05, 0.1) is 17.4 Å². The number of halogens is 1. The first kappa shape index (κ1) is 15.7. The van der Waals surface area contributed by atoms with Crippen LogP contribution in [-0.4, -0.2) is 21.0 Å². The molecular formula is C21H14FN3O2. The van der Waals surface area contributed by atoms with Gasteiger partial charge in [0, 0.05) is 22.4 Å². The van der Waals surface area contributed by atoms with Gasteiger partial charge in [0.2, 0.25) is 0 Å². The van der Waals surface area contributed by atoms with E-state index < -0.39 is 11.5 Å². The number of aromatic amines is 1. The maximum absolute atomic E-state index is 13.4. The van der Waals surface area contributed by atoms with E-state index in [-0.39, 0.29) is 5.91 Å². The van der Waals surface area contributed by atoms with E-state index in [1.807, 2.05) is 0 Å². The maximum Gasteiger partial charge on any atom is 0.261 e. The lowest BCUT2D eigenvalue weighted by molar-refractivity contribution is 0.0704. The Bertz CT molecular complexity index is 1190. The number of anilines is 1. The van der Waals surface area contributed by atoms with Crippen molar-refractivity contribution in [3.63, 3.8) is 0 Å². The number of imidazole rings is 1. The van der Waals surface area contributed by atoms with E-state index in [4.69, 9.17) is 0 Å². The highest BCUT2D eigenvalue weighted by atomic mass is 19.1. The van der Waals surface area contributed by atoms with Crippen molar-refractivity contribution in [2.45, 2.75) is 5.72 Å². The van der Waals surface area contributed by atoms with Gasteiger partial charge in [-0.2, -0.15) is 0 Å². The van der Waals surface area contributed by atoms with Gasteiger partial charge in [-0.05, 0) is 42.5 Å². The van der Waals surface area contributed by atoms with E-state index in [1.165, 1.54) is 29.2 Å². The van der Waals surface area contributed by atoms with Crippen LogP contribution in [0.15, 0.2) is 73.1 Å². The molecule has 132 valence electrons. The van der Waals surface area contributed by atoms with Crippen LogP contribution in [0.1, 0.15) is 21.5 Å². The Labute approximate surface area is 153 Å². The van der Waals surface area contributed by atoms with Crippen molar-refractivity contribution in [1.82, 2.24) is 9.97 Å². The summed E-state index contributed by atoms with van der Waals surface area (Å²) in [5.74, 6) is -0.755. The number of fused-ring (bicyclic) bond motifs is 2. The largest absolute Gasteiger partial charge is 0.363 e. The highest BCUT2D eigenvalue weighted by Gasteiger charge is 2.50. The fourth-order valence-corrected chi connectivity index (χ4v) is 3.69. The number of rotatable bonds is 2. The number of H-pyrrole nitrogens is 1. The summed E-state index contributed by atoms with van der Waals surface area (Å²) >= 11 is 0. The van der Waals surface area contributed by atoms with E-state index in [1.54, 1.807) is 48.8 Å². The van der Waals surface area contributed by atoms with E-state index in [2.05, 4.69) is 9.97 Å². The minimum absolute atomic E-state index is 0.343. The van der Waals surface area contributed by atoms with Crippen molar-refractivity contribution in [1.29, 1.82) is 0 Å². The molecule has 1 atom stereocenters. The summed E-state index contributed by atoms with van der Waals surface area (Å²) in [5, 5.41) is 11.8. The molecule has 1 aromatic heterocycles. The number of aromatic nitrogens is 2. The Morgan fingerprint density at radius 1 is 1.04 bits per heavy atom. The van der Waals surface area contributed by atoms with Crippen LogP contribution in [0.4, 0.5) is 10.1 Å². The highest BCUT2D eigenvalue weighted by molar-refractivity contribution is 6.12. The van der Waals surface area contributed by atoms with Gasteiger partial charge >= 0.3 is 0 Å². The molecule has 27 heavy (non-hydrogen) atoms. The van der Waals surface area contributed by atoms with E-state index >= 15 is 0 Å². The van der Waals surface area contributed by atoms with Gasteiger partial charge in [0.1, 0.15) is 5.82 Å². The maximum atomic E-state index is 13.4. The highest BCUT2D eigenvalue weighted by Crippen LogP contribution is 2.45. The molecule has 6 heteroatoms. The first-order chi connectivity index (χ1) is 13.1. The summed E-state index contributed by atoms with van der Waals surface area (Å²) in [6, 6.07) is 17.8. The lowest BCUT2D eigenvalue weighted by Crippen LogP contribution is -2.45.